The molecule has 1 N–H and O–H groups in total. The first-order valence-electron chi connectivity index (χ1n) is 5.04. The molecular formula is C10H12ClN3O. The molecule has 15 heavy (non-hydrogen) atoms. The monoisotopic (exact) mass is 225 g/mol. The summed E-state index contributed by atoms with van der Waals surface area (Å²) in [6.45, 7) is 0. The first kappa shape index (κ1) is 10.4. The van der Waals surface area contributed by atoms with Crippen LogP contribution in [-0.4, -0.2) is 21.9 Å². The lowest BCUT2D eigenvalue weighted by molar-refractivity contribution is 0.0937. The molecule has 0 spiro atoms. The van der Waals surface area contributed by atoms with E-state index in [9.17, 15) is 4.79 Å². The summed E-state index contributed by atoms with van der Waals surface area (Å²) in [5.41, 5.74) is 0.464. The van der Waals surface area contributed by atoms with Gasteiger partial charge >= 0.3 is 0 Å². The Morgan fingerprint density at radius 3 is 2.53 bits per heavy atom. The van der Waals surface area contributed by atoms with E-state index in [1.165, 1.54) is 25.2 Å². The van der Waals surface area contributed by atoms with Crippen LogP contribution in [0.4, 0.5) is 0 Å². The van der Waals surface area contributed by atoms with E-state index in [2.05, 4.69) is 15.3 Å². The molecule has 0 atom stereocenters. The van der Waals surface area contributed by atoms with Gasteiger partial charge in [-0.25, -0.2) is 9.97 Å². The second-order valence-electron chi connectivity index (χ2n) is 3.70. The van der Waals surface area contributed by atoms with Crippen molar-refractivity contribution in [2.45, 2.75) is 31.7 Å². The Bertz CT molecular complexity index is 346. The number of nitrogens with zero attached hydrogens (tertiary/aromatic N) is 2. The molecule has 0 bridgehead atoms. The Balaban J connectivity index is 1.98. The maximum atomic E-state index is 11.7. The number of hydrogen-bond donors (Lipinski definition) is 1. The van der Waals surface area contributed by atoms with Gasteiger partial charge in [0.15, 0.2) is 0 Å². The lowest BCUT2D eigenvalue weighted by Crippen LogP contribution is -2.32. The van der Waals surface area contributed by atoms with Crippen molar-refractivity contribution in [1.29, 1.82) is 0 Å². The molecule has 1 aromatic rings. The van der Waals surface area contributed by atoms with Crippen LogP contribution in [0.25, 0.3) is 0 Å². The maximum Gasteiger partial charge on any atom is 0.254 e. The highest BCUT2D eigenvalue weighted by atomic mass is 35.5. The summed E-state index contributed by atoms with van der Waals surface area (Å²) in [4.78, 5) is 19.2. The maximum absolute atomic E-state index is 11.7. The number of halogens is 1. The standard InChI is InChI=1S/C10H12ClN3O/c11-10-12-5-7(6-13-10)9(15)14-8-3-1-2-4-8/h5-6,8H,1-4H2,(H,14,15). The molecule has 1 heterocycles. The number of amides is 1. The molecule has 1 amide bonds. The van der Waals surface area contributed by atoms with Gasteiger partial charge < -0.3 is 5.32 Å². The topological polar surface area (TPSA) is 54.9 Å². The van der Waals surface area contributed by atoms with Crippen molar-refractivity contribution in [2.24, 2.45) is 0 Å². The Kier molecular flexibility index (Phi) is 3.16. The van der Waals surface area contributed by atoms with Gasteiger partial charge in [-0.2, -0.15) is 0 Å². The summed E-state index contributed by atoms with van der Waals surface area (Å²) in [6.07, 6.45) is 7.42. The number of carbonyl (C=O) groups excluding carboxylic acids is 1. The fourth-order valence-corrected chi connectivity index (χ4v) is 1.87. The molecule has 1 aliphatic rings. The minimum absolute atomic E-state index is 0.112. The zero-order chi connectivity index (χ0) is 10.7. The number of rotatable bonds is 2. The zero-order valence-electron chi connectivity index (χ0n) is 8.24. The molecule has 1 aromatic heterocycles. The second kappa shape index (κ2) is 4.57. The zero-order valence-corrected chi connectivity index (χ0v) is 9.00. The van der Waals surface area contributed by atoms with Gasteiger partial charge in [-0.3, -0.25) is 4.79 Å². The molecule has 2 rings (SSSR count). The molecule has 4 nitrogen and oxygen atoms in total. The van der Waals surface area contributed by atoms with Crippen molar-refractivity contribution in [3.05, 3.63) is 23.2 Å². The van der Waals surface area contributed by atoms with Crippen LogP contribution < -0.4 is 5.32 Å². The minimum atomic E-state index is -0.112. The van der Waals surface area contributed by atoms with E-state index < -0.39 is 0 Å². The molecule has 5 heteroatoms. The summed E-state index contributed by atoms with van der Waals surface area (Å²) in [5, 5.41) is 3.11. The van der Waals surface area contributed by atoms with E-state index in [1.54, 1.807) is 0 Å². The smallest absolute Gasteiger partial charge is 0.254 e. The Labute approximate surface area is 93.1 Å². The molecule has 1 aliphatic carbocycles. The van der Waals surface area contributed by atoms with E-state index in [0.717, 1.165) is 12.8 Å². The van der Waals surface area contributed by atoms with Gasteiger partial charge in [0.1, 0.15) is 0 Å². The predicted molar refractivity (Wildman–Crippen MR) is 56.8 cm³/mol. The molecular weight excluding hydrogens is 214 g/mol. The van der Waals surface area contributed by atoms with Gasteiger partial charge in [0.2, 0.25) is 5.28 Å². The van der Waals surface area contributed by atoms with Crippen LogP contribution >= 0.6 is 11.6 Å². The fraction of sp³-hybridized carbons (Fsp3) is 0.500. The summed E-state index contributed by atoms with van der Waals surface area (Å²) in [7, 11) is 0. The largest absolute Gasteiger partial charge is 0.349 e. The summed E-state index contributed by atoms with van der Waals surface area (Å²) in [6, 6.07) is 0.313. The quantitative estimate of drug-likeness (QED) is 0.781. The summed E-state index contributed by atoms with van der Waals surface area (Å²) in [5.74, 6) is -0.112. The minimum Gasteiger partial charge on any atom is -0.349 e. The van der Waals surface area contributed by atoms with Crippen LogP contribution in [0, 0.1) is 0 Å². The van der Waals surface area contributed by atoms with Gasteiger partial charge in [-0.05, 0) is 24.4 Å². The average Bonchev–Trinajstić information content (AvgIpc) is 2.71. The number of carbonyl (C=O) groups is 1. The van der Waals surface area contributed by atoms with Crippen LogP contribution in [0.5, 0.6) is 0 Å². The van der Waals surface area contributed by atoms with E-state index in [0.29, 0.717) is 11.6 Å². The molecule has 80 valence electrons. The third-order valence-electron chi connectivity index (χ3n) is 2.57. The van der Waals surface area contributed by atoms with Crippen LogP contribution in [0.2, 0.25) is 5.28 Å². The number of hydrogen-bond acceptors (Lipinski definition) is 3. The summed E-state index contributed by atoms with van der Waals surface area (Å²) >= 11 is 5.53. The third-order valence-corrected chi connectivity index (χ3v) is 2.77. The van der Waals surface area contributed by atoms with Crippen LogP contribution in [0.1, 0.15) is 36.0 Å². The first-order valence-corrected chi connectivity index (χ1v) is 5.42. The summed E-state index contributed by atoms with van der Waals surface area (Å²) < 4.78 is 0. The fourth-order valence-electron chi connectivity index (χ4n) is 1.77. The molecule has 1 saturated carbocycles. The van der Waals surface area contributed by atoms with Crippen LogP contribution in [0.3, 0.4) is 0 Å². The molecule has 0 aliphatic heterocycles. The number of nitrogens with one attached hydrogen (secondary N) is 1. The Hall–Kier alpha value is -1.16. The molecule has 1 fully saturated rings. The van der Waals surface area contributed by atoms with E-state index in [-0.39, 0.29) is 11.2 Å². The predicted octanol–water partition coefficient (Wildman–Crippen LogP) is 1.80. The van der Waals surface area contributed by atoms with Crippen LogP contribution in [0.15, 0.2) is 12.4 Å². The molecule has 0 aromatic carbocycles. The Morgan fingerprint density at radius 2 is 1.93 bits per heavy atom. The molecule has 0 unspecified atom stereocenters. The highest BCUT2D eigenvalue weighted by Crippen LogP contribution is 2.17. The van der Waals surface area contributed by atoms with Crippen LogP contribution in [-0.2, 0) is 0 Å². The normalized spacial score (nSPS) is 16.6. The Morgan fingerprint density at radius 1 is 1.33 bits per heavy atom. The van der Waals surface area contributed by atoms with Gasteiger partial charge in [-0.15, -0.1) is 0 Å². The highest BCUT2D eigenvalue weighted by Gasteiger charge is 2.18. The van der Waals surface area contributed by atoms with Crippen molar-refractivity contribution >= 4 is 17.5 Å². The van der Waals surface area contributed by atoms with E-state index in [1.807, 2.05) is 0 Å². The van der Waals surface area contributed by atoms with Gasteiger partial charge in [0.25, 0.3) is 5.91 Å². The van der Waals surface area contributed by atoms with Crippen molar-refractivity contribution in [3.63, 3.8) is 0 Å². The molecule has 0 radical (unpaired) electrons. The van der Waals surface area contributed by atoms with Crippen molar-refractivity contribution in [2.75, 3.05) is 0 Å². The second-order valence-corrected chi connectivity index (χ2v) is 4.03. The average molecular weight is 226 g/mol. The van der Waals surface area contributed by atoms with Gasteiger partial charge in [0, 0.05) is 18.4 Å². The van der Waals surface area contributed by atoms with Gasteiger partial charge in [-0.1, -0.05) is 12.8 Å². The van der Waals surface area contributed by atoms with Gasteiger partial charge in [0.05, 0.1) is 5.56 Å². The van der Waals surface area contributed by atoms with Crippen molar-refractivity contribution in [1.82, 2.24) is 15.3 Å². The lowest BCUT2D eigenvalue weighted by Gasteiger charge is -2.10. The highest BCUT2D eigenvalue weighted by molar-refractivity contribution is 6.28. The van der Waals surface area contributed by atoms with E-state index >= 15 is 0 Å². The van der Waals surface area contributed by atoms with Crippen molar-refractivity contribution < 1.29 is 4.79 Å². The van der Waals surface area contributed by atoms with E-state index in [4.69, 9.17) is 11.6 Å². The molecule has 0 saturated heterocycles. The first-order chi connectivity index (χ1) is 7.25. The SMILES string of the molecule is O=C(NC1CCCC1)c1cnc(Cl)nc1. The van der Waals surface area contributed by atoms with Crippen molar-refractivity contribution in [3.8, 4) is 0 Å². The lowest BCUT2D eigenvalue weighted by atomic mass is 10.2. The third kappa shape index (κ3) is 2.65. The number of aromatic nitrogens is 2.